The summed E-state index contributed by atoms with van der Waals surface area (Å²) in [7, 11) is 1.22. The van der Waals surface area contributed by atoms with Crippen LogP contribution in [0.15, 0.2) is 0 Å². The van der Waals surface area contributed by atoms with Crippen molar-refractivity contribution in [1.29, 1.82) is 0 Å². The third-order valence-corrected chi connectivity index (χ3v) is 3.16. The molecule has 1 amide bonds. The van der Waals surface area contributed by atoms with Gasteiger partial charge in [0, 0.05) is 18.3 Å². The van der Waals surface area contributed by atoms with E-state index in [4.69, 9.17) is 4.74 Å². The van der Waals surface area contributed by atoms with Crippen molar-refractivity contribution < 1.29 is 19.2 Å². The van der Waals surface area contributed by atoms with Crippen LogP contribution in [0.3, 0.4) is 0 Å². The minimum absolute atomic E-state index is 0.212. The molecule has 7 nitrogen and oxygen atoms in total. The maximum absolute atomic E-state index is 11.2. The van der Waals surface area contributed by atoms with Gasteiger partial charge in [0.2, 0.25) is 5.54 Å². The van der Waals surface area contributed by atoms with Crippen molar-refractivity contribution >= 4 is 6.09 Å². The van der Waals surface area contributed by atoms with Crippen molar-refractivity contribution in [2.75, 3.05) is 7.11 Å². The molecule has 1 fully saturated rings. The highest BCUT2D eigenvalue weighted by atomic mass is 16.6. The van der Waals surface area contributed by atoms with E-state index in [1.807, 2.05) is 0 Å². The van der Waals surface area contributed by atoms with Crippen LogP contribution in [-0.4, -0.2) is 41.9 Å². The lowest BCUT2D eigenvalue weighted by Gasteiger charge is -2.41. The molecular formula is C10H18N2O5. The Morgan fingerprint density at radius 3 is 2.65 bits per heavy atom. The van der Waals surface area contributed by atoms with Crippen LogP contribution in [0.25, 0.3) is 0 Å². The first-order valence-electron chi connectivity index (χ1n) is 5.45. The summed E-state index contributed by atoms with van der Waals surface area (Å²) in [6.07, 6.45) is -1.09. The third kappa shape index (κ3) is 2.66. The molecule has 0 radical (unpaired) electrons. The van der Waals surface area contributed by atoms with Gasteiger partial charge in [-0.15, -0.1) is 0 Å². The van der Waals surface area contributed by atoms with Crippen molar-refractivity contribution in [3.63, 3.8) is 0 Å². The normalized spacial score (nSPS) is 37.3. The van der Waals surface area contributed by atoms with Crippen LogP contribution in [0, 0.1) is 10.1 Å². The molecule has 7 heteroatoms. The number of nitro groups is 1. The second kappa shape index (κ2) is 4.87. The molecule has 0 aromatic rings. The zero-order valence-corrected chi connectivity index (χ0v) is 10.4. The molecule has 1 aliphatic heterocycles. The Hall–Kier alpha value is -1.37. The summed E-state index contributed by atoms with van der Waals surface area (Å²) >= 11 is 0. The third-order valence-electron chi connectivity index (χ3n) is 3.16. The van der Waals surface area contributed by atoms with Crippen LogP contribution in [-0.2, 0) is 9.47 Å². The lowest BCUT2D eigenvalue weighted by Crippen LogP contribution is -2.65. The maximum atomic E-state index is 11.2. The monoisotopic (exact) mass is 246 g/mol. The Labute approximate surface area is 99.6 Å². The van der Waals surface area contributed by atoms with Crippen molar-refractivity contribution in [1.82, 2.24) is 5.32 Å². The highest BCUT2D eigenvalue weighted by molar-refractivity contribution is 5.67. The van der Waals surface area contributed by atoms with E-state index < -0.39 is 23.8 Å². The molecule has 1 rings (SSSR count). The second-order valence-corrected chi connectivity index (χ2v) is 4.58. The molecule has 0 aliphatic carbocycles. The van der Waals surface area contributed by atoms with Crippen LogP contribution >= 0.6 is 0 Å². The minimum atomic E-state index is -1.24. The smallest absolute Gasteiger partial charge is 0.407 e. The van der Waals surface area contributed by atoms with Gasteiger partial charge in [-0.05, 0) is 13.8 Å². The van der Waals surface area contributed by atoms with Gasteiger partial charge in [0.05, 0.1) is 19.3 Å². The number of hydrogen-bond donors (Lipinski definition) is 1. The van der Waals surface area contributed by atoms with E-state index in [2.05, 4.69) is 10.1 Å². The summed E-state index contributed by atoms with van der Waals surface area (Å²) in [4.78, 5) is 22.1. The summed E-state index contributed by atoms with van der Waals surface area (Å²) < 4.78 is 9.99. The summed E-state index contributed by atoms with van der Waals surface area (Å²) in [5.41, 5.74) is -1.24. The van der Waals surface area contributed by atoms with E-state index in [9.17, 15) is 14.9 Å². The summed E-state index contributed by atoms with van der Waals surface area (Å²) in [6, 6.07) is -0.707. The largest absolute Gasteiger partial charge is 0.453 e. The van der Waals surface area contributed by atoms with Crippen LogP contribution in [0.5, 0.6) is 0 Å². The fourth-order valence-corrected chi connectivity index (χ4v) is 2.35. The average Bonchev–Trinajstić information content (AvgIpc) is 2.22. The van der Waals surface area contributed by atoms with Gasteiger partial charge in [-0.25, -0.2) is 4.79 Å². The van der Waals surface area contributed by atoms with Gasteiger partial charge in [0.15, 0.2) is 0 Å². The number of nitrogens with zero attached hydrogens (tertiary/aromatic N) is 1. The van der Waals surface area contributed by atoms with Gasteiger partial charge in [0.25, 0.3) is 0 Å². The Balaban J connectivity index is 2.94. The molecule has 4 atom stereocenters. The quantitative estimate of drug-likeness (QED) is 0.578. The van der Waals surface area contributed by atoms with E-state index in [1.54, 1.807) is 13.8 Å². The summed E-state index contributed by atoms with van der Waals surface area (Å²) in [6.45, 7) is 5.01. The summed E-state index contributed by atoms with van der Waals surface area (Å²) in [5.74, 6) is 0. The average molecular weight is 246 g/mol. The zero-order chi connectivity index (χ0) is 13.2. The molecule has 1 heterocycles. The maximum Gasteiger partial charge on any atom is 0.407 e. The van der Waals surface area contributed by atoms with Crippen LogP contribution < -0.4 is 5.32 Å². The molecule has 0 aromatic heterocycles. The van der Waals surface area contributed by atoms with Crippen LogP contribution in [0.2, 0.25) is 0 Å². The van der Waals surface area contributed by atoms with Gasteiger partial charge in [-0.2, -0.15) is 0 Å². The number of ether oxygens (including phenoxy) is 2. The molecule has 1 saturated heterocycles. The lowest BCUT2D eigenvalue weighted by molar-refractivity contribution is -0.580. The predicted molar refractivity (Wildman–Crippen MR) is 59.4 cm³/mol. The number of carbonyl (C=O) groups excluding carboxylic acids is 1. The van der Waals surface area contributed by atoms with Gasteiger partial charge in [-0.1, -0.05) is 0 Å². The molecule has 0 aromatic carbocycles. The first kappa shape index (κ1) is 13.7. The lowest BCUT2D eigenvalue weighted by atomic mass is 9.82. The van der Waals surface area contributed by atoms with E-state index in [0.29, 0.717) is 0 Å². The van der Waals surface area contributed by atoms with E-state index in [-0.39, 0.29) is 17.4 Å². The first-order chi connectivity index (χ1) is 7.81. The number of amides is 1. The van der Waals surface area contributed by atoms with E-state index in [0.717, 1.165) is 0 Å². The SMILES string of the molecule is COC(=O)N[C@H]1[C@@H](C)OC(C)C[C@]1(C)[N+](=O)[O-]. The number of methoxy groups -OCH3 is 1. The number of rotatable bonds is 2. The van der Waals surface area contributed by atoms with Gasteiger partial charge in [0.1, 0.15) is 6.04 Å². The zero-order valence-electron chi connectivity index (χ0n) is 10.4. The van der Waals surface area contributed by atoms with Crippen molar-refractivity contribution in [2.45, 2.75) is 51.0 Å². The van der Waals surface area contributed by atoms with Gasteiger partial charge >= 0.3 is 6.09 Å². The molecule has 0 bridgehead atoms. The Bertz CT molecular complexity index is 322. The topological polar surface area (TPSA) is 90.7 Å². The first-order valence-corrected chi connectivity index (χ1v) is 5.45. The Kier molecular flexibility index (Phi) is 3.92. The Morgan fingerprint density at radius 2 is 2.18 bits per heavy atom. The van der Waals surface area contributed by atoms with Crippen LogP contribution in [0.4, 0.5) is 4.79 Å². The summed E-state index contributed by atoms with van der Waals surface area (Å²) in [5, 5.41) is 13.7. The highest BCUT2D eigenvalue weighted by Gasteiger charge is 2.54. The molecule has 98 valence electrons. The molecule has 0 spiro atoms. The molecule has 17 heavy (non-hydrogen) atoms. The number of alkyl carbamates (subject to hydrolysis) is 1. The van der Waals surface area contributed by atoms with Gasteiger partial charge < -0.3 is 14.8 Å². The van der Waals surface area contributed by atoms with Crippen molar-refractivity contribution in [3.05, 3.63) is 10.1 Å². The number of carbonyl (C=O) groups is 1. The number of nitrogens with one attached hydrogen (secondary N) is 1. The highest BCUT2D eigenvalue weighted by Crippen LogP contribution is 2.31. The van der Waals surface area contributed by atoms with E-state index in [1.165, 1.54) is 14.0 Å². The van der Waals surface area contributed by atoms with Crippen molar-refractivity contribution in [2.24, 2.45) is 0 Å². The molecule has 1 N–H and O–H groups in total. The minimum Gasteiger partial charge on any atom is -0.453 e. The standard InChI is InChI=1S/C10H18N2O5/c1-6-5-10(3,12(14)15)8(7(2)17-6)11-9(13)16-4/h6-8H,5H2,1-4H3,(H,11,13)/t6?,7-,8+,10+/m1/s1. The molecule has 1 aliphatic rings. The van der Waals surface area contributed by atoms with Crippen molar-refractivity contribution in [3.8, 4) is 0 Å². The number of hydrogen-bond acceptors (Lipinski definition) is 5. The van der Waals surface area contributed by atoms with E-state index >= 15 is 0 Å². The second-order valence-electron chi connectivity index (χ2n) is 4.58. The molecule has 0 saturated carbocycles. The molecular weight excluding hydrogens is 228 g/mol. The fourth-order valence-electron chi connectivity index (χ4n) is 2.35. The fraction of sp³-hybridized carbons (Fsp3) is 0.900. The van der Waals surface area contributed by atoms with Gasteiger partial charge in [-0.3, -0.25) is 10.1 Å². The van der Waals surface area contributed by atoms with Crippen LogP contribution in [0.1, 0.15) is 27.2 Å². The Morgan fingerprint density at radius 1 is 1.59 bits per heavy atom. The molecule has 1 unspecified atom stereocenters. The predicted octanol–water partition coefficient (Wildman–Crippen LogP) is 0.944.